The third kappa shape index (κ3) is 3.75. The SMILES string of the molecule is c1ccc(Oc2ccc(C3CCN(C4CN(C5CNC5)C4)CC3)cc2)cc1. The fourth-order valence-electron chi connectivity index (χ4n) is 4.58. The summed E-state index contributed by atoms with van der Waals surface area (Å²) in [5.41, 5.74) is 1.46. The van der Waals surface area contributed by atoms with Gasteiger partial charge in [0.1, 0.15) is 11.5 Å². The number of ether oxygens (including phenoxy) is 1. The van der Waals surface area contributed by atoms with Crippen molar-refractivity contribution < 1.29 is 4.74 Å². The zero-order valence-corrected chi connectivity index (χ0v) is 15.9. The number of para-hydroxylation sites is 1. The summed E-state index contributed by atoms with van der Waals surface area (Å²) in [6.07, 6.45) is 2.56. The van der Waals surface area contributed by atoms with Crippen LogP contribution in [-0.4, -0.2) is 61.2 Å². The summed E-state index contributed by atoms with van der Waals surface area (Å²) in [5.74, 6) is 2.51. The van der Waals surface area contributed by atoms with Crippen molar-refractivity contribution in [1.82, 2.24) is 15.1 Å². The molecule has 1 N–H and O–H groups in total. The van der Waals surface area contributed by atoms with Crippen LogP contribution in [-0.2, 0) is 0 Å². The van der Waals surface area contributed by atoms with Gasteiger partial charge in [-0.3, -0.25) is 9.80 Å². The van der Waals surface area contributed by atoms with E-state index < -0.39 is 0 Å². The van der Waals surface area contributed by atoms with Crippen LogP contribution in [0.15, 0.2) is 54.6 Å². The second-order valence-electron chi connectivity index (χ2n) is 8.21. The number of likely N-dealkylation sites (tertiary alicyclic amines) is 2. The van der Waals surface area contributed by atoms with E-state index in [9.17, 15) is 0 Å². The van der Waals surface area contributed by atoms with Gasteiger partial charge in [0.05, 0.1) is 0 Å². The smallest absolute Gasteiger partial charge is 0.127 e. The molecule has 0 bridgehead atoms. The fraction of sp³-hybridized carbons (Fsp3) is 0.478. The lowest BCUT2D eigenvalue weighted by Gasteiger charge is -2.52. The number of nitrogens with one attached hydrogen (secondary N) is 1. The summed E-state index contributed by atoms with van der Waals surface area (Å²) in [7, 11) is 0. The zero-order valence-electron chi connectivity index (χ0n) is 15.9. The number of hydrogen-bond acceptors (Lipinski definition) is 4. The molecule has 0 unspecified atom stereocenters. The van der Waals surface area contributed by atoms with Gasteiger partial charge in [0, 0.05) is 38.3 Å². The number of piperidine rings is 1. The van der Waals surface area contributed by atoms with E-state index in [-0.39, 0.29) is 0 Å². The molecule has 4 nitrogen and oxygen atoms in total. The molecule has 3 aliphatic heterocycles. The highest BCUT2D eigenvalue weighted by atomic mass is 16.5. The quantitative estimate of drug-likeness (QED) is 0.882. The largest absolute Gasteiger partial charge is 0.457 e. The van der Waals surface area contributed by atoms with Gasteiger partial charge in [-0.15, -0.1) is 0 Å². The average molecular weight is 364 g/mol. The van der Waals surface area contributed by atoms with Crippen LogP contribution < -0.4 is 10.1 Å². The van der Waals surface area contributed by atoms with Gasteiger partial charge < -0.3 is 10.1 Å². The maximum Gasteiger partial charge on any atom is 0.127 e. The van der Waals surface area contributed by atoms with Crippen LogP contribution in [0.5, 0.6) is 11.5 Å². The molecule has 3 aliphatic rings. The standard InChI is InChI=1S/C23H29N3O/c1-2-4-22(5-3-1)27-23-8-6-18(7-9-23)19-10-12-25(13-11-19)21-16-26(17-21)20-14-24-15-20/h1-9,19-21,24H,10-17H2. The molecular weight excluding hydrogens is 334 g/mol. The number of benzene rings is 2. The van der Waals surface area contributed by atoms with Crippen LogP contribution >= 0.6 is 0 Å². The molecule has 0 amide bonds. The molecule has 3 saturated heterocycles. The number of nitrogens with zero attached hydrogens (tertiary/aromatic N) is 2. The Morgan fingerprint density at radius 2 is 1.41 bits per heavy atom. The minimum atomic E-state index is 0.694. The maximum absolute atomic E-state index is 5.92. The summed E-state index contributed by atoms with van der Waals surface area (Å²) < 4.78 is 5.92. The van der Waals surface area contributed by atoms with E-state index in [2.05, 4.69) is 39.4 Å². The summed E-state index contributed by atoms with van der Waals surface area (Å²) in [6, 6.07) is 20.4. The average Bonchev–Trinajstić information content (AvgIpc) is 2.65. The molecule has 3 fully saturated rings. The van der Waals surface area contributed by atoms with E-state index in [4.69, 9.17) is 4.74 Å². The molecule has 2 aromatic rings. The monoisotopic (exact) mass is 363 g/mol. The van der Waals surface area contributed by atoms with Crippen LogP contribution in [0.2, 0.25) is 0 Å². The minimum Gasteiger partial charge on any atom is -0.457 e. The summed E-state index contributed by atoms with van der Waals surface area (Å²) in [4.78, 5) is 5.38. The van der Waals surface area contributed by atoms with Crippen molar-refractivity contribution in [2.45, 2.75) is 30.8 Å². The first-order valence-electron chi connectivity index (χ1n) is 10.4. The van der Waals surface area contributed by atoms with Gasteiger partial charge in [-0.05, 0) is 61.7 Å². The third-order valence-corrected chi connectivity index (χ3v) is 6.54. The highest BCUT2D eigenvalue weighted by molar-refractivity contribution is 5.34. The molecule has 4 heteroatoms. The van der Waals surface area contributed by atoms with Gasteiger partial charge in [-0.2, -0.15) is 0 Å². The highest BCUT2D eigenvalue weighted by Gasteiger charge is 2.38. The molecule has 27 heavy (non-hydrogen) atoms. The number of rotatable bonds is 5. The Labute approximate surface area is 162 Å². The van der Waals surface area contributed by atoms with Gasteiger partial charge in [0.2, 0.25) is 0 Å². The molecular formula is C23H29N3O. The lowest BCUT2D eigenvalue weighted by Crippen LogP contribution is -2.69. The van der Waals surface area contributed by atoms with Crippen LogP contribution in [0.3, 0.4) is 0 Å². The summed E-state index contributed by atoms with van der Waals surface area (Å²) >= 11 is 0. The van der Waals surface area contributed by atoms with Crippen LogP contribution in [0.4, 0.5) is 0 Å². The van der Waals surface area contributed by atoms with Crippen LogP contribution in [0, 0.1) is 0 Å². The second kappa shape index (κ2) is 7.63. The first-order valence-corrected chi connectivity index (χ1v) is 10.4. The highest BCUT2D eigenvalue weighted by Crippen LogP contribution is 2.32. The van der Waals surface area contributed by atoms with Gasteiger partial charge >= 0.3 is 0 Å². The van der Waals surface area contributed by atoms with E-state index in [0.717, 1.165) is 23.6 Å². The Hall–Kier alpha value is -1.88. The molecule has 0 atom stereocenters. The molecule has 2 aromatic carbocycles. The van der Waals surface area contributed by atoms with Gasteiger partial charge in [-0.1, -0.05) is 30.3 Å². The lowest BCUT2D eigenvalue weighted by atomic mass is 9.88. The fourth-order valence-corrected chi connectivity index (χ4v) is 4.58. The van der Waals surface area contributed by atoms with Crippen molar-refractivity contribution in [2.75, 3.05) is 39.3 Å². The Morgan fingerprint density at radius 1 is 0.741 bits per heavy atom. The molecule has 0 saturated carbocycles. The maximum atomic E-state index is 5.92. The Kier molecular flexibility index (Phi) is 4.87. The third-order valence-electron chi connectivity index (χ3n) is 6.54. The Balaban J connectivity index is 1.11. The minimum absolute atomic E-state index is 0.694. The Morgan fingerprint density at radius 3 is 2.04 bits per heavy atom. The van der Waals surface area contributed by atoms with Gasteiger partial charge in [0.25, 0.3) is 0 Å². The van der Waals surface area contributed by atoms with Crippen LogP contribution in [0.25, 0.3) is 0 Å². The molecule has 5 rings (SSSR count). The zero-order chi connectivity index (χ0) is 18.1. The molecule has 3 heterocycles. The predicted octanol–water partition coefficient (Wildman–Crippen LogP) is 3.31. The topological polar surface area (TPSA) is 27.7 Å². The van der Waals surface area contributed by atoms with Crippen molar-refractivity contribution in [3.8, 4) is 11.5 Å². The lowest BCUT2D eigenvalue weighted by molar-refractivity contribution is -0.0187. The van der Waals surface area contributed by atoms with E-state index in [1.807, 2.05) is 30.3 Å². The molecule has 0 aromatic heterocycles. The second-order valence-corrected chi connectivity index (χ2v) is 8.21. The van der Waals surface area contributed by atoms with Crippen molar-refractivity contribution in [1.29, 1.82) is 0 Å². The van der Waals surface area contributed by atoms with Gasteiger partial charge in [-0.25, -0.2) is 0 Å². The van der Waals surface area contributed by atoms with Crippen molar-refractivity contribution in [2.24, 2.45) is 0 Å². The summed E-state index contributed by atoms with van der Waals surface area (Å²) in [5, 5.41) is 3.38. The number of hydrogen-bond donors (Lipinski definition) is 1. The van der Waals surface area contributed by atoms with Crippen molar-refractivity contribution >= 4 is 0 Å². The van der Waals surface area contributed by atoms with E-state index in [1.165, 1.54) is 57.7 Å². The molecule has 0 spiro atoms. The molecule has 0 aliphatic carbocycles. The van der Waals surface area contributed by atoms with Crippen LogP contribution in [0.1, 0.15) is 24.3 Å². The van der Waals surface area contributed by atoms with Crippen molar-refractivity contribution in [3.63, 3.8) is 0 Å². The van der Waals surface area contributed by atoms with E-state index >= 15 is 0 Å². The Bertz CT molecular complexity index is 730. The van der Waals surface area contributed by atoms with E-state index in [1.54, 1.807) is 0 Å². The van der Waals surface area contributed by atoms with Gasteiger partial charge in [0.15, 0.2) is 0 Å². The summed E-state index contributed by atoms with van der Waals surface area (Å²) in [6.45, 7) is 7.44. The first kappa shape index (κ1) is 17.2. The van der Waals surface area contributed by atoms with Crippen molar-refractivity contribution in [3.05, 3.63) is 60.2 Å². The normalized spacial score (nSPS) is 23.0. The predicted molar refractivity (Wildman–Crippen MR) is 109 cm³/mol. The van der Waals surface area contributed by atoms with E-state index in [0.29, 0.717) is 5.92 Å². The molecule has 0 radical (unpaired) electrons. The molecule has 142 valence electrons. The first-order chi connectivity index (χ1) is 13.3.